The van der Waals surface area contributed by atoms with Crippen LogP contribution in [0.2, 0.25) is 0 Å². The minimum absolute atomic E-state index is 0.229. The second-order valence-electron chi connectivity index (χ2n) is 8.66. The lowest BCUT2D eigenvalue weighted by molar-refractivity contribution is 0.148. The molecule has 1 fully saturated rings. The molecule has 4 rings (SSSR count). The van der Waals surface area contributed by atoms with E-state index in [0.717, 1.165) is 16.7 Å². The Morgan fingerprint density at radius 3 is 2.03 bits per heavy atom. The standard InChI is InChI=1S/C30H31FO/c1-3-19-32-21-23-7-18-29(30(31)20-23)28-16-14-27(15-17-28)26-12-10-25(11-13-26)24-8-5-22(4-2)6-9-24/h3-4,7,10-18,20,22,24H,1-2,5-6,8-9,19,21H2/t22-,24-. The van der Waals surface area contributed by atoms with Crippen LogP contribution in [0.4, 0.5) is 4.39 Å². The van der Waals surface area contributed by atoms with Crippen LogP contribution in [0.1, 0.15) is 42.7 Å². The molecular formula is C30H31FO. The molecule has 1 saturated carbocycles. The van der Waals surface area contributed by atoms with Gasteiger partial charge in [-0.05, 0) is 71.4 Å². The molecular weight excluding hydrogens is 395 g/mol. The first-order chi connectivity index (χ1) is 15.7. The summed E-state index contributed by atoms with van der Waals surface area (Å²) in [7, 11) is 0. The smallest absolute Gasteiger partial charge is 0.131 e. The zero-order valence-corrected chi connectivity index (χ0v) is 18.6. The number of ether oxygens (including phenoxy) is 1. The molecule has 1 aliphatic carbocycles. The van der Waals surface area contributed by atoms with Gasteiger partial charge in [0.1, 0.15) is 5.82 Å². The summed E-state index contributed by atoms with van der Waals surface area (Å²) in [5, 5.41) is 0. The Bertz CT molecular complexity index is 1040. The van der Waals surface area contributed by atoms with Gasteiger partial charge in [-0.3, -0.25) is 0 Å². The van der Waals surface area contributed by atoms with Crippen LogP contribution in [-0.4, -0.2) is 6.61 Å². The maximum absolute atomic E-state index is 14.7. The van der Waals surface area contributed by atoms with E-state index in [9.17, 15) is 4.39 Å². The fourth-order valence-electron chi connectivity index (χ4n) is 4.62. The SMILES string of the molecule is C=CCOCc1ccc(-c2ccc(-c3ccc([C@H]4CC[C@H](C=C)CC4)cc3)cc2)c(F)c1. The third-order valence-corrected chi connectivity index (χ3v) is 6.55. The lowest BCUT2D eigenvalue weighted by Gasteiger charge is -2.27. The van der Waals surface area contributed by atoms with Crippen molar-refractivity contribution in [2.45, 2.75) is 38.2 Å². The van der Waals surface area contributed by atoms with E-state index in [2.05, 4.69) is 55.6 Å². The molecule has 3 aromatic rings. The van der Waals surface area contributed by atoms with Gasteiger partial charge in [0.05, 0.1) is 13.2 Å². The monoisotopic (exact) mass is 426 g/mol. The molecule has 3 aromatic carbocycles. The van der Waals surface area contributed by atoms with Gasteiger partial charge < -0.3 is 4.74 Å². The van der Waals surface area contributed by atoms with Gasteiger partial charge in [0.15, 0.2) is 0 Å². The summed E-state index contributed by atoms with van der Waals surface area (Å²) < 4.78 is 20.1. The molecule has 0 unspecified atom stereocenters. The summed E-state index contributed by atoms with van der Waals surface area (Å²) in [5.74, 6) is 1.12. The highest BCUT2D eigenvalue weighted by Gasteiger charge is 2.20. The summed E-state index contributed by atoms with van der Waals surface area (Å²) in [6, 6.07) is 22.4. The van der Waals surface area contributed by atoms with Crippen LogP contribution in [0.25, 0.3) is 22.3 Å². The molecule has 0 aromatic heterocycles. The van der Waals surface area contributed by atoms with E-state index in [1.807, 2.05) is 24.3 Å². The Balaban J connectivity index is 1.43. The zero-order valence-electron chi connectivity index (χ0n) is 18.6. The van der Waals surface area contributed by atoms with Crippen LogP contribution in [0.15, 0.2) is 92.0 Å². The maximum atomic E-state index is 14.7. The molecule has 0 amide bonds. The highest BCUT2D eigenvalue weighted by molar-refractivity contribution is 5.71. The van der Waals surface area contributed by atoms with Gasteiger partial charge in [0.2, 0.25) is 0 Å². The third kappa shape index (κ3) is 5.26. The second-order valence-corrected chi connectivity index (χ2v) is 8.66. The summed E-state index contributed by atoms with van der Waals surface area (Å²) in [4.78, 5) is 0. The van der Waals surface area contributed by atoms with Crippen molar-refractivity contribution in [1.82, 2.24) is 0 Å². The fourth-order valence-corrected chi connectivity index (χ4v) is 4.62. The predicted molar refractivity (Wildman–Crippen MR) is 132 cm³/mol. The molecule has 0 heterocycles. The van der Waals surface area contributed by atoms with Gasteiger partial charge in [0, 0.05) is 5.56 Å². The van der Waals surface area contributed by atoms with E-state index in [1.54, 1.807) is 12.1 Å². The average molecular weight is 427 g/mol. The maximum Gasteiger partial charge on any atom is 0.131 e. The van der Waals surface area contributed by atoms with E-state index >= 15 is 0 Å². The first-order valence-corrected chi connectivity index (χ1v) is 11.5. The van der Waals surface area contributed by atoms with Crippen molar-refractivity contribution in [1.29, 1.82) is 0 Å². The van der Waals surface area contributed by atoms with Crippen LogP contribution < -0.4 is 0 Å². The molecule has 1 nitrogen and oxygen atoms in total. The lowest BCUT2D eigenvalue weighted by atomic mass is 9.78. The zero-order chi connectivity index (χ0) is 22.3. The van der Waals surface area contributed by atoms with Crippen molar-refractivity contribution in [2.24, 2.45) is 5.92 Å². The summed E-state index contributed by atoms with van der Waals surface area (Å²) in [5.41, 5.74) is 6.07. The molecule has 164 valence electrons. The molecule has 0 N–H and O–H groups in total. The molecule has 0 spiro atoms. The largest absolute Gasteiger partial charge is 0.373 e. The number of benzene rings is 3. The normalized spacial score (nSPS) is 18.3. The van der Waals surface area contributed by atoms with Gasteiger partial charge >= 0.3 is 0 Å². The van der Waals surface area contributed by atoms with Gasteiger partial charge in [-0.2, -0.15) is 0 Å². The number of rotatable bonds is 8. The van der Waals surface area contributed by atoms with Crippen LogP contribution in [0, 0.1) is 11.7 Å². The highest BCUT2D eigenvalue weighted by Crippen LogP contribution is 2.37. The minimum atomic E-state index is -0.229. The topological polar surface area (TPSA) is 9.23 Å². The van der Waals surface area contributed by atoms with E-state index < -0.39 is 0 Å². The van der Waals surface area contributed by atoms with Crippen molar-refractivity contribution >= 4 is 0 Å². The predicted octanol–water partition coefficient (Wildman–Crippen LogP) is 8.32. The van der Waals surface area contributed by atoms with Crippen molar-refractivity contribution in [3.8, 4) is 22.3 Å². The van der Waals surface area contributed by atoms with E-state index in [-0.39, 0.29) is 5.82 Å². The first kappa shape index (κ1) is 22.2. The molecule has 32 heavy (non-hydrogen) atoms. The molecule has 0 bridgehead atoms. The summed E-state index contributed by atoms with van der Waals surface area (Å²) in [6.07, 6.45) is 8.79. The van der Waals surface area contributed by atoms with Gasteiger partial charge in [-0.15, -0.1) is 13.2 Å². The number of hydrogen-bond acceptors (Lipinski definition) is 1. The van der Waals surface area contributed by atoms with Crippen molar-refractivity contribution in [3.63, 3.8) is 0 Å². The van der Waals surface area contributed by atoms with Gasteiger partial charge in [-0.1, -0.05) is 72.8 Å². The molecule has 1 aliphatic rings. The van der Waals surface area contributed by atoms with Crippen LogP contribution >= 0.6 is 0 Å². The van der Waals surface area contributed by atoms with Crippen LogP contribution in [-0.2, 0) is 11.3 Å². The van der Waals surface area contributed by atoms with Gasteiger partial charge in [-0.25, -0.2) is 4.39 Å². The second kappa shape index (κ2) is 10.6. The van der Waals surface area contributed by atoms with Crippen molar-refractivity contribution in [2.75, 3.05) is 6.61 Å². The Morgan fingerprint density at radius 1 is 0.812 bits per heavy atom. The highest BCUT2D eigenvalue weighted by atomic mass is 19.1. The lowest BCUT2D eigenvalue weighted by Crippen LogP contribution is -2.11. The Hall–Kier alpha value is -2.97. The first-order valence-electron chi connectivity index (χ1n) is 11.5. The van der Waals surface area contributed by atoms with Crippen LogP contribution in [0.3, 0.4) is 0 Å². The van der Waals surface area contributed by atoms with Gasteiger partial charge in [0.25, 0.3) is 0 Å². The molecule has 0 aliphatic heterocycles. The summed E-state index contributed by atoms with van der Waals surface area (Å²) >= 11 is 0. The Morgan fingerprint density at radius 2 is 1.44 bits per heavy atom. The average Bonchev–Trinajstić information content (AvgIpc) is 2.85. The third-order valence-electron chi connectivity index (χ3n) is 6.55. The van der Waals surface area contributed by atoms with E-state index in [0.29, 0.717) is 30.6 Å². The van der Waals surface area contributed by atoms with Crippen molar-refractivity contribution < 1.29 is 9.13 Å². The molecule has 0 radical (unpaired) electrons. The number of allylic oxidation sites excluding steroid dienone is 1. The van der Waals surface area contributed by atoms with Crippen molar-refractivity contribution in [3.05, 3.63) is 109 Å². The molecule has 0 saturated heterocycles. The number of hydrogen-bond donors (Lipinski definition) is 0. The number of halogens is 1. The quantitative estimate of drug-likeness (QED) is 0.260. The Labute approximate surface area is 191 Å². The summed E-state index contributed by atoms with van der Waals surface area (Å²) in [6.45, 7) is 8.41. The van der Waals surface area contributed by atoms with Crippen LogP contribution in [0.5, 0.6) is 0 Å². The van der Waals surface area contributed by atoms with E-state index in [1.165, 1.54) is 36.8 Å². The molecule has 0 atom stereocenters. The van der Waals surface area contributed by atoms with E-state index in [4.69, 9.17) is 4.74 Å². The minimum Gasteiger partial charge on any atom is -0.373 e. The Kier molecular flexibility index (Phi) is 7.34. The fraction of sp³-hybridized carbons (Fsp3) is 0.267. The molecule has 2 heteroatoms.